The number of carbonyl (C=O) groups excluding carboxylic acids is 1. The molecule has 2 aromatic rings. The lowest BCUT2D eigenvalue weighted by Crippen LogP contribution is -2.38. The highest BCUT2D eigenvalue weighted by Crippen LogP contribution is 2.20. The van der Waals surface area contributed by atoms with Gasteiger partial charge in [0.2, 0.25) is 0 Å². The van der Waals surface area contributed by atoms with Crippen molar-refractivity contribution in [3.8, 4) is 5.75 Å². The summed E-state index contributed by atoms with van der Waals surface area (Å²) in [6.45, 7) is 8.18. The Kier molecular flexibility index (Phi) is 8.48. The summed E-state index contributed by atoms with van der Waals surface area (Å²) in [6.07, 6.45) is 5.01. The van der Waals surface area contributed by atoms with Gasteiger partial charge in [0, 0.05) is 51.0 Å². The van der Waals surface area contributed by atoms with Crippen LogP contribution in [-0.4, -0.2) is 79.3 Å². The molecule has 3 heterocycles. The number of ether oxygens (including phenoxy) is 2. The van der Waals surface area contributed by atoms with Gasteiger partial charge in [0.25, 0.3) is 5.91 Å². The molecule has 2 fully saturated rings. The minimum absolute atomic E-state index is 0.0265. The highest BCUT2D eigenvalue weighted by molar-refractivity contribution is 5.94. The van der Waals surface area contributed by atoms with Crippen LogP contribution in [0.1, 0.15) is 35.3 Å². The van der Waals surface area contributed by atoms with Crippen molar-refractivity contribution < 1.29 is 14.3 Å². The molecule has 0 saturated carbocycles. The van der Waals surface area contributed by atoms with E-state index in [1.165, 1.54) is 0 Å². The summed E-state index contributed by atoms with van der Waals surface area (Å²) < 4.78 is 11.5. The molecule has 7 heteroatoms. The molecule has 7 nitrogen and oxygen atoms in total. The zero-order chi connectivity index (χ0) is 22.0. The monoisotopic (exact) mass is 438 g/mol. The van der Waals surface area contributed by atoms with E-state index in [-0.39, 0.29) is 12.0 Å². The van der Waals surface area contributed by atoms with E-state index in [0.717, 1.165) is 83.2 Å². The molecule has 2 saturated heterocycles. The van der Waals surface area contributed by atoms with Crippen LogP contribution in [0.2, 0.25) is 0 Å². The number of nitrogens with zero attached hydrogens (tertiary/aromatic N) is 3. The lowest BCUT2D eigenvalue weighted by Gasteiger charge is -2.31. The van der Waals surface area contributed by atoms with Gasteiger partial charge >= 0.3 is 0 Å². The van der Waals surface area contributed by atoms with E-state index in [1.807, 2.05) is 42.6 Å². The zero-order valence-electron chi connectivity index (χ0n) is 18.7. The number of likely N-dealkylation sites (tertiary alicyclic amines) is 1. The predicted octanol–water partition coefficient (Wildman–Crippen LogP) is 2.58. The third-order valence-electron chi connectivity index (χ3n) is 6.11. The number of hydrogen-bond acceptors (Lipinski definition) is 6. The lowest BCUT2D eigenvalue weighted by molar-refractivity contribution is 0.0374. The number of morpholine rings is 1. The Morgan fingerprint density at radius 1 is 1.03 bits per heavy atom. The molecule has 172 valence electrons. The molecule has 0 atom stereocenters. The molecule has 1 aromatic heterocycles. The third kappa shape index (κ3) is 7.02. The Balaban J connectivity index is 1.14. The highest BCUT2D eigenvalue weighted by Gasteiger charge is 2.21. The Labute approximate surface area is 190 Å². The molecule has 1 aromatic carbocycles. The molecular weight excluding hydrogens is 404 g/mol. The van der Waals surface area contributed by atoms with Crippen LogP contribution in [0.3, 0.4) is 0 Å². The second-order valence-corrected chi connectivity index (χ2v) is 8.50. The topological polar surface area (TPSA) is 66.9 Å². The maximum atomic E-state index is 12.4. The first-order valence-electron chi connectivity index (χ1n) is 11.7. The van der Waals surface area contributed by atoms with Crippen molar-refractivity contribution in [3.05, 3.63) is 59.9 Å². The molecule has 0 aliphatic carbocycles. The van der Waals surface area contributed by atoms with Crippen LogP contribution in [0, 0.1) is 0 Å². The Hall–Kier alpha value is -2.48. The van der Waals surface area contributed by atoms with Gasteiger partial charge in [-0.05, 0) is 62.2 Å². The number of piperidine rings is 1. The van der Waals surface area contributed by atoms with Crippen molar-refractivity contribution in [1.82, 2.24) is 20.1 Å². The molecule has 2 aliphatic rings. The number of benzene rings is 1. The van der Waals surface area contributed by atoms with Crippen molar-refractivity contribution in [2.45, 2.75) is 31.9 Å². The number of carbonyl (C=O) groups is 1. The molecule has 0 unspecified atom stereocenters. The third-order valence-corrected chi connectivity index (χ3v) is 6.11. The van der Waals surface area contributed by atoms with Gasteiger partial charge in [0.1, 0.15) is 11.9 Å². The van der Waals surface area contributed by atoms with E-state index in [9.17, 15) is 4.79 Å². The highest BCUT2D eigenvalue weighted by atomic mass is 16.5. The lowest BCUT2D eigenvalue weighted by atomic mass is 10.1. The predicted molar refractivity (Wildman–Crippen MR) is 124 cm³/mol. The van der Waals surface area contributed by atoms with Gasteiger partial charge in [0.05, 0.1) is 18.9 Å². The van der Waals surface area contributed by atoms with Crippen molar-refractivity contribution >= 4 is 5.91 Å². The quantitative estimate of drug-likeness (QED) is 0.607. The number of pyridine rings is 1. The first-order valence-corrected chi connectivity index (χ1v) is 11.7. The van der Waals surface area contributed by atoms with E-state index >= 15 is 0 Å². The van der Waals surface area contributed by atoms with Crippen LogP contribution >= 0.6 is 0 Å². The molecule has 1 amide bonds. The van der Waals surface area contributed by atoms with Crippen LogP contribution in [0.25, 0.3) is 0 Å². The van der Waals surface area contributed by atoms with Crippen LogP contribution in [-0.2, 0) is 11.3 Å². The minimum atomic E-state index is -0.0265. The van der Waals surface area contributed by atoms with Crippen LogP contribution in [0.15, 0.2) is 48.7 Å². The maximum Gasteiger partial charge on any atom is 0.251 e. The van der Waals surface area contributed by atoms with Crippen molar-refractivity contribution in [2.75, 3.05) is 52.5 Å². The summed E-state index contributed by atoms with van der Waals surface area (Å²) in [7, 11) is 0. The van der Waals surface area contributed by atoms with Crippen LogP contribution < -0.4 is 10.1 Å². The van der Waals surface area contributed by atoms with Gasteiger partial charge in [-0.2, -0.15) is 0 Å². The molecular formula is C25H34N4O3. The molecule has 4 rings (SSSR count). The normalized spacial score (nSPS) is 18.4. The first-order chi connectivity index (χ1) is 15.8. The SMILES string of the molecule is O=C(NCCCN1CCOCC1)c1ccc(OC2CCN(Cc3ccccn3)CC2)cc1. The minimum Gasteiger partial charge on any atom is -0.490 e. The Morgan fingerprint density at radius 2 is 1.81 bits per heavy atom. The molecule has 0 bridgehead atoms. The fourth-order valence-corrected chi connectivity index (χ4v) is 4.21. The second kappa shape index (κ2) is 11.9. The number of nitrogens with one attached hydrogen (secondary N) is 1. The average molecular weight is 439 g/mol. The molecule has 0 spiro atoms. The van der Waals surface area contributed by atoms with Gasteiger partial charge in [-0.25, -0.2) is 0 Å². The van der Waals surface area contributed by atoms with Gasteiger partial charge in [-0.15, -0.1) is 0 Å². The maximum absolute atomic E-state index is 12.4. The molecule has 2 aliphatic heterocycles. The Bertz CT molecular complexity index is 817. The van der Waals surface area contributed by atoms with E-state index in [0.29, 0.717) is 12.1 Å². The summed E-state index contributed by atoms with van der Waals surface area (Å²) in [5.41, 5.74) is 1.79. The van der Waals surface area contributed by atoms with Gasteiger partial charge < -0.3 is 14.8 Å². The Morgan fingerprint density at radius 3 is 2.53 bits per heavy atom. The fourth-order valence-electron chi connectivity index (χ4n) is 4.21. The zero-order valence-corrected chi connectivity index (χ0v) is 18.7. The first kappa shape index (κ1) is 22.7. The molecule has 1 N–H and O–H groups in total. The summed E-state index contributed by atoms with van der Waals surface area (Å²) in [6, 6.07) is 13.6. The van der Waals surface area contributed by atoms with Crippen molar-refractivity contribution in [3.63, 3.8) is 0 Å². The number of aromatic nitrogens is 1. The summed E-state index contributed by atoms with van der Waals surface area (Å²) in [5.74, 6) is 0.804. The largest absolute Gasteiger partial charge is 0.490 e. The summed E-state index contributed by atoms with van der Waals surface area (Å²) in [4.78, 5) is 21.6. The van der Waals surface area contributed by atoms with Gasteiger partial charge in [-0.1, -0.05) is 6.07 Å². The van der Waals surface area contributed by atoms with E-state index in [4.69, 9.17) is 9.47 Å². The van der Waals surface area contributed by atoms with E-state index in [1.54, 1.807) is 0 Å². The molecule has 0 radical (unpaired) electrons. The summed E-state index contributed by atoms with van der Waals surface area (Å²) in [5, 5.41) is 3.02. The average Bonchev–Trinajstić information content (AvgIpc) is 2.85. The van der Waals surface area contributed by atoms with Gasteiger partial charge in [0.15, 0.2) is 0 Å². The van der Waals surface area contributed by atoms with Crippen LogP contribution in [0.4, 0.5) is 0 Å². The summed E-state index contributed by atoms with van der Waals surface area (Å²) >= 11 is 0. The van der Waals surface area contributed by atoms with E-state index in [2.05, 4.69) is 26.2 Å². The van der Waals surface area contributed by atoms with Gasteiger partial charge in [-0.3, -0.25) is 19.6 Å². The van der Waals surface area contributed by atoms with Crippen LogP contribution in [0.5, 0.6) is 5.75 Å². The molecule has 32 heavy (non-hydrogen) atoms. The smallest absolute Gasteiger partial charge is 0.251 e. The fraction of sp³-hybridized carbons (Fsp3) is 0.520. The van der Waals surface area contributed by atoms with Crippen molar-refractivity contribution in [2.24, 2.45) is 0 Å². The van der Waals surface area contributed by atoms with Crippen molar-refractivity contribution in [1.29, 1.82) is 0 Å². The second-order valence-electron chi connectivity index (χ2n) is 8.50. The number of rotatable bonds is 9. The number of hydrogen-bond donors (Lipinski definition) is 1. The van der Waals surface area contributed by atoms with E-state index < -0.39 is 0 Å². The number of amides is 1. The standard InChI is InChI=1S/C25H34N4O3/c30-25(27-12-3-13-28-16-18-31-19-17-28)21-5-7-23(8-6-21)32-24-9-14-29(15-10-24)20-22-4-1-2-11-26-22/h1-2,4-8,11,24H,3,9-10,12-20H2,(H,27,30).